The maximum atomic E-state index is 13.2. The minimum atomic E-state index is -4.47. The number of hydrogen-bond acceptors (Lipinski definition) is 6. The molecule has 41 heavy (non-hydrogen) atoms. The fourth-order valence-electron chi connectivity index (χ4n) is 4.17. The Bertz CT molecular complexity index is 1430. The topological polar surface area (TPSA) is 102 Å². The summed E-state index contributed by atoms with van der Waals surface area (Å²) in [5, 5.41) is 14.2. The third-order valence-electron chi connectivity index (χ3n) is 6.40. The second kappa shape index (κ2) is 12.4. The first-order valence-corrected chi connectivity index (χ1v) is 13.0. The number of pyridine rings is 1. The van der Waals surface area contributed by atoms with Gasteiger partial charge in [-0.2, -0.15) is 28.6 Å². The highest BCUT2D eigenvalue weighted by atomic mass is 19.4. The zero-order valence-corrected chi connectivity index (χ0v) is 23.2. The zero-order chi connectivity index (χ0) is 29.6. The molecule has 2 heterocycles. The zero-order valence-electron chi connectivity index (χ0n) is 23.2. The van der Waals surface area contributed by atoms with Crippen LogP contribution in [0.5, 0.6) is 11.5 Å². The molecule has 1 atom stereocenters. The molecule has 0 unspecified atom stereocenters. The average Bonchev–Trinajstić information content (AvgIpc) is 3.38. The van der Waals surface area contributed by atoms with Crippen molar-refractivity contribution in [1.29, 1.82) is 0 Å². The quantitative estimate of drug-likeness (QED) is 0.263. The smallest absolute Gasteiger partial charge is 0.422 e. The number of alkyl halides is 3. The van der Waals surface area contributed by atoms with Crippen molar-refractivity contribution in [2.24, 2.45) is 0 Å². The van der Waals surface area contributed by atoms with E-state index in [9.17, 15) is 18.0 Å². The fourth-order valence-corrected chi connectivity index (χ4v) is 4.17. The van der Waals surface area contributed by atoms with Crippen molar-refractivity contribution in [3.8, 4) is 11.5 Å². The van der Waals surface area contributed by atoms with E-state index in [4.69, 9.17) is 9.47 Å². The summed E-state index contributed by atoms with van der Waals surface area (Å²) < 4.78 is 47.8. The Kier molecular flexibility index (Phi) is 8.95. The van der Waals surface area contributed by atoms with E-state index >= 15 is 0 Å². The average molecular weight is 568 g/mol. The van der Waals surface area contributed by atoms with Gasteiger partial charge < -0.3 is 14.8 Å². The second-order valence-corrected chi connectivity index (χ2v) is 10.6. The summed E-state index contributed by atoms with van der Waals surface area (Å²) in [6.07, 6.45) is -2.77. The third-order valence-corrected chi connectivity index (χ3v) is 6.40. The van der Waals surface area contributed by atoms with Gasteiger partial charge in [0.05, 0.1) is 31.1 Å². The lowest BCUT2D eigenvalue weighted by Gasteiger charge is -2.20. The summed E-state index contributed by atoms with van der Waals surface area (Å²) in [5.41, 5.74) is 4.29. The molecular formula is C30H32F3N5O3. The highest BCUT2D eigenvalue weighted by molar-refractivity contribution is 5.79. The second-order valence-electron chi connectivity index (χ2n) is 10.6. The monoisotopic (exact) mass is 567 g/mol. The molecule has 0 bridgehead atoms. The molecule has 0 aliphatic carbocycles. The van der Waals surface area contributed by atoms with Gasteiger partial charge in [0.25, 0.3) is 0 Å². The lowest BCUT2D eigenvalue weighted by molar-refractivity contribution is -0.153. The van der Waals surface area contributed by atoms with Crippen LogP contribution in [0.1, 0.15) is 60.6 Å². The number of nitrogens with zero attached hydrogens (tertiary/aromatic N) is 3. The predicted octanol–water partition coefficient (Wildman–Crippen LogP) is 5.49. The van der Waals surface area contributed by atoms with Crippen LogP contribution < -0.4 is 14.8 Å². The van der Waals surface area contributed by atoms with Crippen molar-refractivity contribution < 1.29 is 27.4 Å². The van der Waals surface area contributed by atoms with Gasteiger partial charge in [-0.15, -0.1) is 0 Å². The van der Waals surface area contributed by atoms with Gasteiger partial charge in [-0.25, -0.2) is 0 Å². The Morgan fingerprint density at radius 2 is 1.59 bits per heavy atom. The normalized spacial score (nSPS) is 12.6. The van der Waals surface area contributed by atoms with Crippen molar-refractivity contribution in [2.45, 2.75) is 51.2 Å². The number of H-pyrrole nitrogens is 1. The number of carbonyl (C=O) groups is 1. The summed E-state index contributed by atoms with van der Waals surface area (Å²) in [5.74, 6) is 0.386. The SMILES string of the molecule is COc1ccc(Cc2n[nH]nc2[C@@H](NC(=O)Cc2ccc(C(C)(C)C)cc2)c2ccc(OCC(F)(F)F)cn2)cc1. The molecule has 0 aliphatic rings. The number of nitrogens with one attached hydrogen (secondary N) is 2. The predicted molar refractivity (Wildman–Crippen MR) is 147 cm³/mol. The summed E-state index contributed by atoms with van der Waals surface area (Å²) in [6, 6.07) is 17.4. The van der Waals surface area contributed by atoms with Gasteiger partial charge in [0.1, 0.15) is 23.2 Å². The van der Waals surface area contributed by atoms with Crippen LogP contribution in [-0.2, 0) is 23.1 Å². The first kappa shape index (κ1) is 29.6. The van der Waals surface area contributed by atoms with E-state index in [2.05, 4.69) is 46.5 Å². The van der Waals surface area contributed by atoms with Gasteiger partial charge in [-0.1, -0.05) is 57.2 Å². The number of hydrogen-bond donors (Lipinski definition) is 2. The van der Waals surface area contributed by atoms with Crippen molar-refractivity contribution in [1.82, 2.24) is 25.7 Å². The van der Waals surface area contributed by atoms with Gasteiger partial charge in [-0.3, -0.25) is 9.78 Å². The first-order valence-electron chi connectivity index (χ1n) is 13.0. The van der Waals surface area contributed by atoms with Crippen LogP contribution in [0.4, 0.5) is 13.2 Å². The van der Waals surface area contributed by atoms with Crippen LogP contribution in [-0.4, -0.2) is 46.2 Å². The van der Waals surface area contributed by atoms with Gasteiger partial charge in [0.15, 0.2) is 6.61 Å². The van der Waals surface area contributed by atoms with E-state index in [0.717, 1.165) is 16.7 Å². The van der Waals surface area contributed by atoms with Crippen LogP contribution in [0.15, 0.2) is 66.9 Å². The van der Waals surface area contributed by atoms with E-state index in [1.165, 1.54) is 18.3 Å². The van der Waals surface area contributed by atoms with Crippen molar-refractivity contribution in [2.75, 3.05) is 13.7 Å². The third kappa shape index (κ3) is 8.29. The Morgan fingerprint density at radius 3 is 2.17 bits per heavy atom. The molecule has 11 heteroatoms. The van der Waals surface area contributed by atoms with E-state index in [1.54, 1.807) is 7.11 Å². The van der Waals surface area contributed by atoms with Gasteiger partial charge in [0, 0.05) is 6.42 Å². The molecule has 8 nitrogen and oxygen atoms in total. The number of ether oxygens (including phenoxy) is 2. The Labute approximate surface area is 236 Å². The Balaban J connectivity index is 1.58. The van der Waals surface area contributed by atoms with Gasteiger partial charge >= 0.3 is 6.18 Å². The molecule has 0 fully saturated rings. The maximum absolute atomic E-state index is 13.2. The summed E-state index contributed by atoms with van der Waals surface area (Å²) >= 11 is 0. The molecule has 0 radical (unpaired) electrons. The van der Waals surface area contributed by atoms with E-state index in [-0.39, 0.29) is 23.5 Å². The molecular weight excluding hydrogens is 535 g/mol. The molecule has 2 aromatic heterocycles. The first-order chi connectivity index (χ1) is 19.4. The lowest BCUT2D eigenvalue weighted by atomic mass is 9.86. The van der Waals surface area contributed by atoms with Crippen LogP contribution in [0.3, 0.4) is 0 Å². The fraction of sp³-hybridized carbons (Fsp3) is 0.333. The molecule has 4 rings (SSSR count). The number of amides is 1. The van der Waals surface area contributed by atoms with Gasteiger partial charge in [-0.05, 0) is 46.4 Å². The molecule has 4 aromatic rings. The molecule has 0 saturated carbocycles. The van der Waals surface area contributed by atoms with E-state index in [0.29, 0.717) is 29.3 Å². The van der Waals surface area contributed by atoms with Crippen molar-refractivity contribution in [3.63, 3.8) is 0 Å². The van der Waals surface area contributed by atoms with Crippen LogP contribution in [0.2, 0.25) is 0 Å². The van der Waals surface area contributed by atoms with Crippen LogP contribution >= 0.6 is 0 Å². The Morgan fingerprint density at radius 1 is 0.927 bits per heavy atom. The number of rotatable bonds is 10. The number of halogens is 3. The number of benzene rings is 2. The number of methoxy groups -OCH3 is 1. The summed E-state index contributed by atoms with van der Waals surface area (Å²) in [6.45, 7) is 4.92. The molecule has 0 spiro atoms. The maximum Gasteiger partial charge on any atom is 0.422 e. The minimum Gasteiger partial charge on any atom is -0.497 e. The summed E-state index contributed by atoms with van der Waals surface area (Å²) in [4.78, 5) is 17.5. The Hall–Kier alpha value is -4.41. The molecule has 0 aliphatic heterocycles. The van der Waals surface area contributed by atoms with E-state index in [1.807, 2.05) is 48.5 Å². The van der Waals surface area contributed by atoms with Gasteiger partial charge in [0.2, 0.25) is 5.91 Å². The van der Waals surface area contributed by atoms with Crippen LogP contribution in [0.25, 0.3) is 0 Å². The highest BCUT2D eigenvalue weighted by Gasteiger charge is 2.29. The van der Waals surface area contributed by atoms with Crippen LogP contribution in [0, 0.1) is 0 Å². The van der Waals surface area contributed by atoms with Crippen molar-refractivity contribution in [3.05, 3.63) is 101 Å². The standard InChI is InChI=1S/C30H32F3N5O3/c1-29(2,3)21-9-5-20(6-10-21)16-26(39)35-27(24-14-13-23(17-34-24)41-18-30(31,32)33)28-25(36-38-37-28)15-19-7-11-22(40-4)12-8-19/h5-14,17,27H,15-16,18H2,1-4H3,(H,35,39)(H,36,37,38)/t27-/m0/s1. The molecule has 216 valence electrons. The molecule has 2 aromatic carbocycles. The summed E-state index contributed by atoms with van der Waals surface area (Å²) in [7, 11) is 1.59. The lowest BCUT2D eigenvalue weighted by Crippen LogP contribution is -2.32. The minimum absolute atomic E-state index is 0.0131. The largest absolute Gasteiger partial charge is 0.497 e. The highest BCUT2D eigenvalue weighted by Crippen LogP contribution is 2.26. The number of aromatic nitrogens is 4. The number of aromatic amines is 1. The van der Waals surface area contributed by atoms with E-state index < -0.39 is 18.8 Å². The molecule has 1 amide bonds. The number of carbonyl (C=O) groups excluding carboxylic acids is 1. The molecule has 2 N–H and O–H groups in total. The molecule has 0 saturated heterocycles. The van der Waals surface area contributed by atoms with Crippen molar-refractivity contribution >= 4 is 5.91 Å².